The Morgan fingerprint density at radius 2 is 1.79 bits per heavy atom. The van der Waals surface area contributed by atoms with Gasteiger partial charge in [0.2, 0.25) is 5.91 Å². The molecule has 10 nitrogen and oxygen atoms in total. The van der Waals surface area contributed by atoms with Crippen LogP contribution < -0.4 is 0 Å². The molecule has 0 aromatic heterocycles. The van der Waals surface area contributed by atoms with E-state index < -0.39 is 19.7 Å². The van der Waals surface area contributed by atoms with Crippen molar-refractivity contribution in [2.24, 2.45) is 0 Å². The van der Waals surface area contributed by atoms with Crippen molar-refractivity contribution >= 4 is 31.9 Å². The minimum absolute atomic E-state index is 0.00836. The summed E-state index contributed by atoms with van der Waals surface area (Å²) in [6.45, 7) is 14.4. The van der Waals surface area contributed by atoms with Crippen LogP contribution in [0.25, 0.3) is 0 Å². The van der Waals surface area contributed by atoms with E-state index in [1.165, 1.54) is 0 Å². The molecule has 11 heteroatoms. The van der Waals surface area contributed by atoms with Crippen LogP contribution in [0.5, 0.6) is 0 Å². The quantitative estimate of drug-likeness (QED) is 0.187. The Morgan fingerprint density at radius 1 is 1.07 bits per heavy atom. The highest BCUT2D eigenvalue weighted by molar-refractivity contribution is 6.76. The number of benzene rings is 1. The van der Waals surface area contributed by atoms with Crippen LogP contribution in [0, 0.1) is 11.8 Å². The van der Waals surface area contributed by atoms with Gasteiger partial charge in [-0.1, -0.05) is 37.5 Å². The maximum absolute atomic E-state index is 13.4. The molecule has 1 aromatic carbocycles. The number of likely N-dealkylation sites (tertiary alicyclic amines) is 2. The summed E-state index contributed by atoms with van der Waals surface area (Å²) in [7, 11) is -1.30. The van der Waals surface area contributed by atoms with Crippen molar-refractivity contribution < 1.29 is 33.4 Å². The van der Waals surface area contributed by atoms with Crippen molar-refractivity contribution in [2.75, 3.05) is 33.0 Å². The van der Waals surface area contributed by atoms with Gasteiger partial charge in [-0.15, -0.1) is 0 Å². The van der Waals surface area contributed by atoms with Crippen molar-refractivity contribution in [2.45, 2.75) is 96.4 Å². The maximum Gasteiger partial charge on any atom is 0.410 e. The average molecular weight is 612 g/mol. The number of piperidine rings is 2. The third kappa shape index (κ3) is 8.68. The fraction of sp³-hybridized carbons (Fsp3) is 0.625. The summed E-state index contributed by atoms with van der Waals surface area (Å²) in [5, 5.41) is 0. The van der Waals surface area contributed by atoms with Crippen LogP contribution in [0.2, 0.25) is 25.7 Å². The molecule has 3 aliphatic heterocycles. The lowest BCUT2D eigenvalue weighted by atomic mass is 10.0. The lowest BCUT2D eigenvalue weighted by molar-refractivity contribution is -0.158. The Labute approximate surface area is 256 Å². The number of ether oxygens (including phenoxy) is 3. The van der Waals surface area contributed by atoms with Crippen molar-refractivity contribution in [3.05, 3.63) is 34.9 Å². The number of amides is 4. The molecule has 3 heterocycles. The number of fused-ring (bicyclic) bond motifs is 1. The first-order chi connectivity index (χ1) is 20.2. The Kier molecular flexibility index (Phi) is 10.4. The minimum atomic E-state index is -1.30. The number of hydrogen-bond donors (Lipinski definition) is 0. The van der Waals surface area contributed by atoms with E-state index in [9.17, 15) is 19.2 Å². The van der Waals surface area contributed by atoms with Gasteiger partial charge < -0.3 is 24.0 Å². The van der Waals surface area contributed by atoms with Crippen LogP contribution in [0.15, 0.2) is 18.2 Å². The Hall–Kier alpha value is -3.20. The molecule has 0 N–H and O–H groups in total. The predicted molar refractivity (Wildman–Crippen MR) is 164 cm³/mol. The van der Waals surface area contributed by atoms with Gasteiger partial charge in [0.05, 0.1) is 6.10 Å². The molecule has 0 aliphatic carbocycles. The monoisotopic (exact) mass is 611 g/mol. The van der Waals surface area contributed by atoms with E-state index in [0.29, 0.717) is 44.5 Å². The summed E-state index contributed by atoms with van der Waals surface area (Å²) in [4.78, 5) is 56.0. The highest BCUT2D eigenvalue weighted by Gasteiger charge is 2.43. The number of carbonyl (C=O) groups excluding carboxylic acids is 4. The van der Waals surface area contributed by atoms with Crippen LogP contribution in [0.1, 0.15) is 67.9 Å². The van der Waals surface area contributed by atoms with Crippen molar-refractivity contribution in [1.82, 2.24) is 14.7 Å². The molecular formula is C32H45N3O7Si. The Morgan fingerprint density at radius 3 is 2.47 bits per heavy atom. The van der Waals surface area contributed by atoms with Crippen LogP contribution in [-0.4, -0.2) is 97.4 Å². The van der Waals surface area contributed by atoms with Gasteiger partial charge in [0, 0.05) is 51.9 Å². The molecule has 0 bridgehead atoms. The lowest BCUT2D eigenvalue weighted by Gasteiger charge is -2.35. The van der Waals surface area contributed by atoms with Gasteiger partial charge in [-0.25, -0.2) is 4.79 Å². The molecule has 1 unspecified atom stereocenters. The molecular weight excluding hydrogens is 566 g/mol. The zero-order valence-corrected chi connectivity index (χ0v) is 27.4. The lowest BCUT2D eigenvalue weighted by Crippen LogP contribution is -2.55. The molecule has 3 aliphatic rings. The summed E-state index contributed by atoms with van der Waals surface area (Å²) in [5.74, 6) is 5.35. The first kappa shape index (κ1) is 32.7. The highest BCUT2D eigenvalue weighted by atomic mass is 28.3. The summed E-state index contributed by atoms with van der Waals surface area (Å²) in [6, 6.07) is 5.64. The number of imide groups is 1. The molecule has 4 rings (SSSR count). The molecule has 1 aromatic rings. The Bertz CT molecular complexity index is 1280. The molecule has 4 amide bonds. The standard InChI is InChI=1S/C32H45N3O7Si/c1-32(2,3)42-31(39)33-16-14-24(15-17-33)41-18-8-10-23-9-7-11-25-26(23)21-34(29(25)37)27-12-13-28(36)35(30(27)38)22-40-19-20-43(4,5)6/h7,9,11,24,27H,12-22H2,1-6H3. The van der Waals surface area contributed by atoms with Crippen molar-refractivity contribution in [3.8, 4) is 11.8 Å². The van der Waals surface area contributed by atoms with E-state index in [1.54, 1.807) is 21.9 Å². The van der Waals surface area contributed by atoms with Crippen LogP contribution in [-0.2, 0) is 30.3 Å². The molecule has 0 radical (unpaired) electrons. The second kappa shape index (κ2) is 13.6. The van der Waals surface area contributed by atoms with Crippen molar-refractivity contribution in [1.29, 1.82) is 0 Å². The van der Waals surface area contributed by atoms with E-state index in [-0.39, 0.29) is 56.2 Å². The Balaban J connectivity index is 1.31. The molecule has 1 atom stereocenters. The van der Waals surface area contributed by atoms with E-state index in [4.69, 9.17) is 14.2 Å². The van der Waals surface area contributed by atoms with E-state index in [0.717, 1.165) is 22.1 Å². The van der Waals surface area contributed by atoms with E-state index in [2.05, 4.69) is 31.5 Å². The number of rotatable bonds is 8. The maximum atomic E-state index is 13.4. The van der Waals surface area contributed by atoms with Gasteiger partial charge in [0.15, 0.2) is 0 Å². The second-order valence-electron chi connectivity index (χ2n) is 13.6. The molecule has 0 spiro atoms. The normalized spacial score (nSPS) is 19.8. The third-order valence-electron chi connectivity index (χ3n) is 7.78. The summed E-state index contributed by atoms with van der Waals surface area (Å²) >= 11 is 0. The van der Waals surface area contributed by atoms with Crippen molar-refractivity contribution in [3.63, 3.8) is 0 Å². The van der Waals surface area contributed by atoms with Crippen LogP contribution >= 0.6 is 0 Å². The summed E-state index contributed by atoms with van der Waals surface area (Å²) < 4.78 is 17.1. The van der Waals surface area contributed by atoms with Crippen LogP contribution in [0.3, 0.4) is 0 Å². The predicted octanol–water partition coefficient (Wildman–Crippen LogP) is 4.24. The van der Waals surface area contributed by atoms with Gasteiger partial charge in [0.25, 0.3) is 11.8 Å². The second-order valence-corrected chi connectivity index (χ2v) is 19.2. The van der Waals surface area contributed by atoms with Gasteiger partial charge in [-0.3, -0.25) is 19.3 Å². The third-order valence-corrected chi connectivity index (χ3v) is 9.48. The largest absolute Gasteiger partial charge is 0.444 e. The summed E-state index contributed by atoms with van der Waals surface area (Å²) in [6.07, 6.45) is 1.62. The number of nitrogens with zero attached hydrogens (tertiary/aromatic N) is 3. The van der Waals surface area contributed by atoms with Gasteiger partial charge in [-0.05, 0) is 63.8 Å². The smallest absolute Gasteiger partial charge is 0.410 e. The molecule has 2 saturated heterocycles. The zero-order chi connectivity index (χ0) is 31.4. The zero-order valence-electron chi connectivity index (χ0n) is 26.4. The number of hydrogen-bond acceptors (Lipinski definition) is 7. The van der Waals surface area contributed by atoms with Gasteiger partial charge in [-0.2, -0.15) is 0 Å². The summed E-state index contributed by atoms with van der Waals surface area (Å²) in [5.41, 5.74) is 1.52. The SMILES string of the molecule is CC(C)(C)OC(=O)N1CCC(OCC#Cc2cccc3c2CN(C2CCC(=O)N(COCC[Si](C)(C)C)C2=O)C3=O)CC1. The molecule has 2 fully saturated rings. The topological polar surface area (TPSA) is 106 Å². The molecule has 0 saturated carbocycles. The first-order valence-electron chi connectivity index (χ1n) is 15.2. The minimum Gasteiger partial charge on any atom is -0.444 e. The number of carbonyl (C=O) groups is 4. The molecule has 43 heavy (non-hydrogen) atoms. The van der Waals surface area contributed by atoms with E-state index >= 15 is 0 Å². The fourth-order valence-electron chi connectivity index (χ4n) is 5.33. The van der Waals surface area contributed by atoms with Gasteiger partial charge in [0.1, 0.15) is 25.0 Å². The molecule has 234 valence electrons. The first-order valence-corrected chi connectivity index (χ1v) is 18.9. The fourth-order valence-corrected chi connectivity index (χ4v) is 6.08. The highest BCUT2D eigenvalue weighted by Crippen LogP contribution is 2.31. The van der Waals surface area contributed by atoms with Crippen LogP contribution in [0.4, 0.5) is 4.79 Å². The average Bonchev–Trinajstić information content (AvgIpc) is 3.26. The van der Waals surface area contributed by atoms with E-state index in [1.807, 2.05) is 26.8 Å². The van der Waals surface area contributed by atoms with Gasteiger partial charge >= 0.3 is 6.09 Å².